The smallest absolute Gasteiger partial charge is 0.224 e. The van der Waals surface area contributed by atoms with Crippen LogP contribution in [0.4, 0.5) is 11.8 Å². The number of nitrogens with zero attached hydrogens (tertiary/aromatic N) is 4. The molecule has 2 aromatic heterocycles. The third-order valence-corrected chi connectivity index (χ3v) is 9.01. The lowest BCUT2D eigenvalue weighted by atomic mass is 10.1. The molecule has 32 heavy (non-hydrogen) atoms. The Hall–Kier alpha value is -4.02. The first-order valence-electron chi connectivity index (χ1n) is 10.1. The molecule has 5 aromatic rings. The van der Waals surface area contributed by atoms with Crippen molar-refractivity contribution in [3.63, 3.8) is 0 Å². The molecule has 0 saturated carbocycles. The van der Waals surface area contributed by atoms with Crippen LogP contribution in [0.2, 0.25) is 0 Å². The summed E-state index contributed by atoms with van der Waals surface area (Å²) < 4.78 is 0. The van der Waals surface area contributed by atoms with Crippen LogP contribution < -0.4 is 27.4 Å². The third kappa shape index (κ3) is 3.31. The topological polar surface area (TPSA) is 104 Å². The lowest BCUT2D eigenvalue weighted by molar-refractivity contribution is 1.17. The van der Waals surface area contributed by atoms with Crippen LogP contribution in [0.25, 0.3) is 22.4 Å². The maximum Gasteiger partial charge on any atom is 0.224 e. The average Bonchev–Trinajstić information content (AvgIpc) is 2.84. The quantitative estimate of drug-likeness (QED) is 0.420. The van der Waals surface area contributed by atoms with E-state index in [4.69, 9.17) is 22.8 Å². The summed E-state index contributed by atoms with van der Waals surface area (Å²) in [6, 6.07) is 29.0. The second kappa shape index (κ2) is 7.91. The molecule has 0 unspecified atom stereocenters. The summed E-state index contributed by atoms with van der Waals surface area (Å²) in [6.07, 6.45) is 6.56. The first-order valence-corrected chi connectivity index (χ1v) is 12.0. The lowest BCUT2D eigenvalue weighted by Gasteiger charge is -2.28. The van der Waals surface area contributed by atoms with Gasteiger partial charge in [-0.1, -0.05) is 91.2 Å². The number of rotatable bonds is 4. The number of fused-ring (bicyclic) bond motifs is 1. The highest BCUT2D eigenvalue weighted by atomic mass is 31.2. The van der Waals surface area contributed by atoms with E-state index in [0.717, 1.165) is 10.9 Å². The van der Waals surface area contributed by atoms with Crippen molar-refractivity contribution in [2.24, 2.45) is 0 Å². The summed E-state index contributed by atoms with van der Waals surface area (Å²) in [7, 11) is 0. The number of hydrogen-bond acceptors (Lipinski definition) is 6. The van der Waals surface area contributed by atoms with Crippen molar-refractivity contribution in [1.82, 2.24) is 19.9 Å². The molecule has 0 spiro atoms. The maximum atomic E-state index is 6.07. The molecule has 0 fully saturated rings. The summed E-state index contributed by atoms with van der Waals surface area (Å²) in [5.74, 6) is 0.287. The number of hydrogen-bond donors (Lipinski definition) is 2. The minimum atomic E-state index is -2.21. The Kier molecular flexibility index (Phi) is 4.92. The van der Waals surface area contributed by atoms with E-state index in [2.05, 4.69) is 69.5 Å². The van der Waals surface area contributed by atoms with Crippen molar-refractivity contribution in [3.8, 4) is 11.3 Å². The van der Waals surface area contributed by atoms with Gasteiger partial charge in [-0.05, 0) is 22.8 Å². The number of nitrogens with two attached hydrogens (primary N) is 2. The van der Waals surface area contributed by atoms with Gasteiger partial charge < -0.3 is 11.5 Å². The molecule has 3 aromatic carbocycles. The largest absolute Gasteiger partial charge is 0.382 e. The molecule has 0 aliphatic rings. The highest BCUT2D eigenvalue weighted by Gasteiger charge is 2.25. The van der Waals surface area contributed by atoms with Crippen molar-refractivity contribution in [2.75, 3.05) is 11.5 Å². The Morgan fingerprint density at radius 3 is 1.94 bits per heavy atom. The van der Waals surface area contributed by atoms with Crippen molar-refractivity contribution < 1.29 is 0 Å². The Bertz CT molecular complexity index is 1430. The van der Waals surface area contributed by atoms with E-state index in [1.807, 2.05) is 30.3 Å². The van der Waals surface area contributed by atoms with Gasteiger partial charge in [-0.2, -0.15) is 9.97 Å². The third-order valence-electron chi connectivity index (χ3n) is 5.44. The summed E-state index contributed by atoms with van der Waals surface area (Å²) >= 11 is 0. The minimum Gasteiger partial charge on any atom is -0.382 e. The van der Waals surface area contributed by atoms with Gasteiger partial charge in [0.25, 0.3) is 0 Å². The second-order valence-corrected chi connectivity index (χ2v) is 10.5. The highest BCUT2D eigenvalue weighted by molar-refractivity contribution is 7.93. The maximum absolute atomic E-state index is 6.07. The van der Waals surface area contributed by atoms with Crippen LogP contribution in [-0.4, -0.2) is 26.2 Å². The van der Waals surface area contributed by atoms with Crippen molar-refractivity contribution >= 4 is 52.0 Å². The van der Waals surface area contributed by atoms with Gasteiger partial charge in [-0.3, -0.25) is 0 Å². The van der Waals surface area contributed by atoms with Gasteiger partial charge in [0.05, 0.1) is 11.9 Å². The van der Waals surface area contributed by atoms with E-state index in [9.17, 15) is 0 Å². The molecule has 2 heterocycles. The van der Waals surface area contributed by atoms with Crippen LogP contribution in [0.15, 0.2) is 91.1 Å². The van der Waals surface area contributed by atoms with Crippen LogP contribution in [0.5, 0.6) is 0 Å². The summed E-state index contributed by atoms with van der Waals surface area (Å²) in [4.78, 5) is 17.4. The van der Waals surface area contributed by atoms with Crippen LogP contribution in [0.3, 0.4) is 0 Å². The Balaban J connectivity index is 1.79. The van der Waals surface area contributed by atoms with E-state index in [1.165, 1.54) is 10.6 Å². The summed E-state index contributed by atoms with van der Waals surface area (Å²) in [6.45, 7) is -2.21. The van der Waals surface area contributed by atoms with Gasteiger partial charge in [-0.15, -0.1) is 0 Å². The molecule has 156 valence electrons. The fourth-order valence-corrected chi connectivity index (χ4v) is 7.05. The predicted molar refractivity (Wildman–Crippen MR) is 135 cm³/mol. The fourth-order valence-electron chi connectivity index (χ4n) is 3.89. The summed E-state index contributed by atoms with van der Waals surface area (Å²) in [5.41, 5.74) is 14.2. The number of anilines is 2. The van der Waals surface area contributed by atoms with Gasteiger partial charge in [0.15, 0.2) is 17.0 Å². The Morgan fingerprint density at radius 1 is 0.688 bits per heavy atom. The molecule has 0 atom stereocenters. The van der Waals surface area contributed by atoms with E-state index in [-0.39, 0.29) is 11.8 Å². The molecule has 4 N–H and O–H groups in total. The van der Waals surface area contributed by atoms with Gasteiger partial charge in [0, 0.05) is 5.56 Å². The summed E-state index contributed by atoms with van der Waals surface area (Å²) in [5, 5.41) is 3.48. The molecular formula is C25H21N6P. The van der Waals surface area contributed by atoms with Crippen molar-refractivity contribution in [3.05, 3.63) is 91.1 Å². The van der Waals surface area contributed by atoms with E-state index in [0.29, 0.717) is 16.9 Å². The second-order valence-electron chi connectivity index (χ2n) is 7.39. The zero-order valence-corrected chi connectivity index (χ0v) is 18.2. The van der Waals surface area contributed by atoms with E-state index >= 15 is 0 Å². The number of benzene rings is 3. The van der Waals surface area contributed by atoms with Crippen LogP contribution in [0, 0.1) is 0 Å². The standard InChI is InChI=1S/C25H21N6P/c1-32(17-10-4-2-5-11-17,18-12-6-3-7-13-18)21-15-9-8-14-19(21)20-16-28-24-22(29-20)23(26)30-25(27)31-24/h2-16H,1H2,(H4,26,27,28,30,31). The average molecular weight is 436 g/mol. The molecule has 0 amide bonds. The fraction of sp³-hybridized carbons (Fsp3) is 0. The van der Waals surface area contributed by atoms with Crippen LogP contribution in [0.1, 0.15) is 0 Å². The minimum absolute atomic E-state index is 0.0771. The molecule has 0 radical (unpaired) electrons. The molecule has 5 rings (SSSR count). The molecule has 0 saturated heterocycles. The Labute approximate surface area is 186 Å². The van der Waals surface area contributed by atoms with E-state index < -0.39 is 6.89 Å². The van der Waals surface area contributed by atoms with Crippen molar-refractivity contribution in [2.45, 2.75) is 0 Å². The van der Waals surface area contributed by atoms with Crippen LogP contribution in [-0.2, 0) is 0 Å². The normalized spacial score (nSPS) is 11.5. The van der Waals surface area contributed by atoms with Gasteiger partial charge in [-0.25, -0.2) is 9.97 Å². The first-order chi connectivity index (χ1) is 15.6. The Morgan fingerprint density at radius 2 is 1.28 bits per heavy atom. The molecule has 0 bridgehead atoms. The SMILES string of the molecule is C=P(c1ccccc1)(c1ccccc1)c1ccccc1-c1cnc2nc(N)nc(N)c2n1. The van der Waals surface area contributed by atoms with Crippen molar-refractivity contribution in [1.29, 1.82) is 0 Å². The molecular weight excluding hydrogens is 415 g/mol. The van der Waals surface area contributed by atoms with E-state index in [1.54, 1.807) is 6.20 Å². The van der Waals surface area contributed by atoms with Gasteiger partial charge in [0.1, 0.15) is 0 Å². The highest BCUT2D eigenvalue weighted by Crippen LogP contribution is 2.44. The molecule has 6 nitrogen and oxygen atoms in total. The zero-order chi connectivity index (χ0) is 22.1. The molecule has 0 aliphatic heterocycles. The monoisotopic (exact) mass is 436 g/mol. The van der Waals surface area contributed by atoms with Gasteiger partial charge >= 0.3 is 0 Å². The predicted octanol–water partition coefficient (Wildman–Crippen LogP) is 2.98. The number of aromatic nitrogens is 4. The lowest BCUT2D eigenvalue weighted by Crippen LogP contribution is -2.26. The van der Waals surface area contributed by atoms with Gasteiger partial charge in [0.2, 0.25) is 5.95 Å². The van der Waals surface area contributed by atoms with Crippen LogP contribution >= 0.6 is 6.89 Å². The molecule has 7 heteroatoms. The number of nitrogen functional groups attached to an aromatic ring is 2. The zero-order valence-electron chi connectivity index (χ0n) is 17.3. The molecule has 0 aliphatic carbocycles. The first kappa shape index (κ1) is 19.9.